The van der Waals surface area contributed by atoms with Gasteiger partial charge in [0.05, 0.1) is 20.3 Å². The van der Waals surface area contributed by atoms with Crippen LogP contribution in [0.25, 0.3) is 0 Å². The fourth-order valence-electron chi connectivity index (χ4n) is 1.15. The molecule has 0 aromatic carbocycles. The lowest BCUT2D eigenvalue weighted by atomic mass is 10.3. The molecule has 6 heteroatoms. The van der Waals surface area contributed by atoms with Crippen LogP contribution in [0.3, 0.4) is 0 Å². The van der Waals surface area contributed by atoms with Gasteiger partial charge in [0.2, 0.25) is 5.91 Å². The van der Waals surface area contributed by atoms with Crippen molar-refractivity contribution in [3.05, 3.63) is 0 Å². The SMILES string of the molecule is COCCOCC(=O)N(CC(=O)OC)C(C)C. The lowest BCUT2D eigenvalue weighted by Gasteiger charge is -2.25. The smallest absolute Gasteiger partial charge is 0.325 e. The lowest BCUT2D eigenvalue weighted by molar-refractivity contribution is -0.150. The van der Waals surface area contributed by atoms with E-state index in [0.717, 1.165) is 0 Å². The number of nitrogens with zero attached hydrogens (tertiary/aromatic N) is 1. The van der Waals surface area contributed by atoms with Gasteiger partial charge >= 0.3 is 5.97 Å². The molecule has 0 rings (SSSR count). The molecule has 0 heterocycles. The number of esters is 1. The van der Waals surface area contributed by atoms with Crippen molar-refractivity contribution < 1.29 is 23.8 Å². The van der Waals surface area contributed by atoms with E-state index in [1.807, 2.05) is 13.8 Å². The Kier molecular flexibility index (Phi) is 8.35. The van der Waals surface area contributed by atoms with Crippen LogP contribution in [0, 0.1) is 0 Å². The molecule has 0 saturated heterocycles. The minimum Gasteiger partial charge on any atom is -0.468 e. The number of hydrogen-bond acceptors (Lipinski definition) is 5. The number of hydrogen-bond donors (Lipinski definition) is 0. The summed E-state index contributed by atoms with van der Waals surface area (Å²) in [5, 5.41) is 0. The highest BCUT2D eigenvalue weighted by Crippen LogP contribution is 2.00. The van der Waals surface area contributed by atoms with E-state index in [1.54, 1.807) is 7.11 Å². The van der Waals surface area contributed by atoms with Gasteiger partial charge in [0.15, 0.2) is 0 Å². The van der Waals surface area contributed by atoms with Crippen LogP contribution < -0.4 is 0 Å². The summed E-state index contributed by atoms with van der Waals surface area (Å²) in [6.07, 6.45) is 0. The lowest BCUT2D eigenvalue weighted by Crippen LogP contribution is -2.43. The Bertz CT molecular complexity index is 242. The van der Waals surface area contributed by atoms with Gasteiger partial charge < -0.3 is 19.1 Å². The van der Waals surface area contributed by atoms with E-state index in [2.05, 4.69) is 4.74 Å². The highest BCUT2D eigenvalue weighted by Gasteiger charge is 2.20. The molecule has 6 nitrogen and oxygen atoms in total. The van der Waals surface area contributed by atoms with Crippen molar-refractivity contribution in [1.29, 1.82) is 0 Å². The van der Waals surface area contributed by atoms with Crippen molar-refractivity contribution in [1.82, 2.24) is 4.90 Å². The summed E-state index contributed by atoms with van der Waals surface area (Å²) in [5.41, 5.74) is 0. The minimum absolute atomic E-state index is 0.0549. The third kappa shape index (κ3) is 6.91. The Morgan fingerprint density at radius 2 is 1.82 bits per heavy atom. The summed E-state index contributed by atoms with van der Waals surface area (Å²) in [7, 11) is 2.85. The van der Waals surface area contributed by atoms with Gasteiger partial charge in [-0.2, -0.15) is 0 Å². The zero-order chi connectivity index (χ0) is 13.3. The average Bonchev–Trinajstić information content (AvgIpc) is 2.30. The standard InChI is InChI=1S/C11H21NO5/c1-9(2)12(7-11(14)16-4)10(13)8-17-6-5-15-3/h9H,5-8H2,1-4H3. The van der Waals surface area contributed by atoms with Crippen LogP contribution in [0.5, 0.6) is 0 Å². The first-order valence-electron chi connectivity index (χ1n) is 5.45. The third-order valence-corrected chi connectivity index (χ3v) is 2.13. The van der Waals surface area contributed by atoms with Crippen molar-refractivity contribution in [2.45, 2.75) is 19.9 Å². The molecule has 0 unspecified atom stereocenters. The monoisotopic (exact) mass is 247 g/mol. The average molecular weight is 247 g/mol. The number of ether oxygens (including phenoxy) is 3. The van der Waals surface area contributed by atoms with E-state index in [9.17, 15) is 9.59 Å². The largest absolute Gasteiger partial charge is 0.468 e. The van der Waals surface area contributed by atoms with Gasteiger partial charge in [-0.1, -0.05) is 0 Å². The second-order valence-electron chi connectivity index (χ2n) is 3.74. The Hall–Kier alpha value is -1.14. The van der Waals surface area contributed by atoms with Crippen molar-refractivity contribution in [2.24, 2.45) is 0 Å². The topological polar surface area (TPSA) is 65.1 Å². The van der Waals surface area contributed by atoms with E-state index >= 15 is 0 Å². The molecular formula is C11H21NO5. The number of methoxy groups -OCH3 is 2. The van der Waals surface area contributed by atoms with E-state index in [1.165, 1.54) is 12.0 Å². The van der Waals surface area contributed by atoms with Crippen LogP contribution in [0.1, 0.15) is 13.8 Å². The minimum atomic E-state index is -0.441. The number of rotatable bonds is 8. The summed E-state index contributed by atoms with van der Waals surface area (Å²) in [5.74, 6) is -0.676. The molecule has 17 heavy (non-hydrogen) atoms. The molecule has 0 aliphatic carbocycles. The van der Waals surface area contributed by atoms with Gasteiger partial charge in [0.1, 0.15) is 13.2 Å². The number of carbonyl (C=O) groups excluding carboxylic acids is 2. The van der Waals surface area contributed by atoms with E-state index < -0.39 is 5.97 Å². The highest BCUT2D eigenvalue weighted by molar-refractivity contribution is 5.83. The van der Waals surface area contributed by atoms with Crippen molar-refractivity contribution in [3.63, 3.8) is 0 Å². The first-order chi connectivity index (χ1) is 8.02. The summed E-state index contributed by atoms with van der Waals surface area (Å²) in [6, 6.07) is -0.0763. The molecule has 0 atom stereocenters. The first-order valence-corrected chi connectivity index (χ1v) is 5.45. The van der Waals surface area contributed by atoms with Gasteiger partial charge in [-0.3, -0.25) is 9.59 Å². The predicted octanol–water partition coefficient (Wildman–Crippen LogP) is 0.0594. The van der Waals surface area contributed by atoms with E-state index in [0.29, 0.717) is 13.2 Å². The summed E-state index contributed by atoms with van der Waals surface area (Å²) >= 11 is 0. The molecule has 0 saturated carbocycles. The summed E-state index contributed by atoms with van der Waals surface area (Å²) < 4.78 is 14.4. The molecule has 0 radical (unpaired) electrons. The van der Waals surface area contributed by atoms with Gasteiger partial charge in [-0.25, -0.2) is 0 Å². The van der Waals surface area contributed by atoms with Crippen LogP contribution in [0.4, 0.5) is 0 Å². The highest BCUT2D eigenvalue weighted by atomic mass is 16.5. The van der Waals surface area contributed by atoms with Crippen molar-refractivity contribution in [2.75, 3.05) is 40.6 Å². The zero-order valence-corrected chi connectivity index (χ0v) is 10.9. The molecule has 0 aliphatic heterocycles. The van der Waals surface area contributed by atoms with Crippen LogP contribution in [-0.4, -0.2) is 63.4 Å². The maximum atomic E-state index is 11.8. The van der Waals surface area contributed by atoms with E-state index in [4.69, 9.17) is 9.47 Å². The summed E-state index contributed by atoms with van der Waals surface area (Å²) in [6.45, 7) is 4.34. The van der Waals surface area contributed by atoms with E-state index in [-0.39, 0.29) is 25.1 Å². The van der Waals surface area contributed by atoms with Crippen LogP contribution >= 0.6 is 0 Å². The number of carbonyl (C=O) groups is 2. The maximum Gasteiger partial charge on any atom is 0.325 e. The molecule has 0 aliphatic rings. The van der Waals surface area contributed by atoms with Crippen molar-refractivity contribution >= 4 is 11.9 Å². The Morgan fingerprint density at radius 3 is 2.29 bits per heavy atom. The second-order valence-corrected chi connectivity index (χ2v) is 3.74. The maximum absolute atomic E-state index is 11.8. The Labute approximate surface area is 102 Å². The normalized spacial score (nSPS) is 10.4. The molecule has 0 bridgehead atoms. The van der Waals surface area contributed by atoms with Crippen LogP contribution in [0.15, 0.2) is 0 Å². The van der Waals surface area contributed by atoms with Gasteiger partial charge in [0, 0.05) is 13.2 Å². The number of amides is 1. The Morgan fingerprint density at radius 1 is 1.18 bits per heavy atom. The fourth-order valence-corrected chi connectivity index (χ4v) is 1.15. The van der Waals surface area contributed by atoms with Crippen LogP contribution in [0.2, 0.25) is 0 Å². The second kappa shape index (κ2) is 8.95. The van der Waals surface area contributed by atoms with Gasteiger partial charge in [-0.15, -0.1) is 0 Å². The van der Waals surface area contributed by atoms with Gasteiger partial charge in [0.25, 0.3) is 0 Å². The zero-order valence-electron chi connectivity index (χ0n) is 10.9. The molecule has 0 spiro atoms. The molecule has 100 valence electrons. The summed E-state index contributed by atoms with van der Waals surface area (Å²) in [4.78, 5) is 24.3. The van der Waals surface area contributed by atoms with Gasteiger partial charge in [-0.05, 0) is 13.8 Å². The molecule has 0 aromatic rings. The first kappa shape index (κ1) is 15.9. The quantitative estimate of drug-likeness (QED) is 0.448. The van der Waals surface area contributed by atoms with Crippen LogP contribution in [-0.2, 0) is 23.8 Å². The molecule has 1 amide bonds. The third-order valence-electron chi connectivity index (χ3n) is 2.13. The predicted molar refractivity (Wildman–Crippen MR) is 61.6 cm³/mol. The fraction of sp³-hybridized carbons (Fsp3) is 0.818. The molecule has 0 aromatic heterocycles. The molecule has 0 N–H and O–H groups in total. The van der Waals surface area contributed by atoms with Crippen molar-refractivity contribution in [3.8, 4) is 0 Å². The molecular weight excluding hydrogens is 226 g/mol. The molecule has 0 fully saturated rings. The Balaban J connectivity index is 4.11.